The lowest BCUT2D eigenvalue weighted by Gasteiger charge is -2.27. The van der Waals surface area contributed by atoms with Gasteiger partial charge < -0.3 is 5.11 Å². The van der Waals surface area contributed by atoms with Crippen LogP contribution in [0.4, 0.5) is 0 Å². The van der Waals surface area contributed by atoms with Gasteiger partial charge in [-0.25, -0.2) is 4.79 Å². The first-order chi connectivity index (χ1) is 7.66. The lowest BCUT2D eigenvalue weighted by molar-refractivity contribution is 0.0688. The molecule has 0 atom stereocenters. The van der Waals surface area contributed by atoms with E-state index in [0.717, 1.165) is 36.8 Å². The quantitative estimate of drug-likeness (QED) is 0.796. The number of rotatable bonds is 2. The molecular weight excluding hydrogens is 206 g/mol. The fourth-order valence-electron chi connectivity index (χ4n) is 2.51. The van der Waals surface area contributed by atoms with Gasteiger partial charge in [-0.2, -0.15) is 5.10 Å². The van der Waals surface area contributed by atoms with Crippen molar-refractivity contribution in [2.75, 3.05) is 6.54 Å². The molecule has 2 aliphatic rings. The Morgan fingerprint density at radius 2 is 2.25 bits per heavy atom. The third-order valence-electron chi connectivity index (χ3n) is 3.54. The number of hydrogen-bond acceptors (Lipinski definition) is 3. The van der Waals surface area contributed by atoms with Crippen molar-refractivity contribution in [1.82, 2.24) is 14.7 Å². The molecule has 1 saturated carbocycles. The highest BCUT2D eigenvalue weighted by atomic mass is 16.4. The normalized spacial score (nSPS) is 20.8. The first-order valence-corrected chi connectivity index (χ1v) is 5.69. The Hall–Kier alpha value is -1.36. The summed E-state index contributed by atoms with van der Waals surface area (Å²) in [5.41, 5.74) is 2.26. The zero-order valence-corrected chi connectivity index (χ0v) is 9.31. The second kappa shape index (κ2) is 3.31. The van der Waals surface area contributed by atoms with E-state index in [1.54, 1.807) is 4.68 Å². The van der Waals surface area contributed by atoms with Gasteiger partial charge in [0.25, 0.3) is 0 Å². The first kappa shape index (κ1) is 9.84. The minimum absolute atomic E-state index is 0.243. The Morgan fingerprint density at radius 1 is 1.50 bits per heavy atom. The van der Waals surface area contributed by atoms with E-state index in [0.29, 0.717) is 0 Å². The van der Waals surface area contributed by atoms with Gasteiger partial charge in [0.15, 0.2) is 5.69 Å². The number of aryl methyl sites for hydroxylation is 1. The van der Waals surface area contributed by atoms with Gasteiger partial charge in [0.2, 0.25) is 0 Å². The van der Waals surface area contributed by atoms with Crippen LogP contribution in [0.3, 0.4) is 0 Å². The van der Waals surface area contributed by atoms with Crippen LogP contribution in [0.25, 0.3) is 0 Å². The molecule has 0 aromatic carbocycles. The Kier molecular flexibility index (Phi) is 2.04. The van der Waals surface area contributed by atoms with E-state index in [2.05, 4.69) is 10.00 Å². The molecule has 1 aliphatic carbocycles. The number of carboxylic acids is 1. The average molecular weight is 221 g/mol. The van der Waals surface area contributed by atoms with Gasteiger partial charge in [-0.3, -0.25) is 9.58 Å². The van der Waals surface area contributed by atoms with Gasteiger partial charge >= 0.3 is 5.97 Å². The predicted molar refractivity (Wildman–Crippen MR) is 57.3 cm³/mol. The third kappa shape index (κ3) is 1.43. The Balaban J connectivity index is 1.95. The summed E-state index contributed by atoms with van der Waals surface area (Å²) in [5, 5.41) is 13.1. The standard InChI is InChI=1S/C11H15N3O2/c1-13-9-6-14(7-2-3-7)5-4-8(9)10(12-13)11(15)16/h7H,2-6H2,1H3,(H,15,16). The molecule has 0 saturated heterocycles. The largest absolute Gasteiger partial charge is 0.476 e. The topological polar surface area (TPSA) is 58.4 Å². The Bertz CT molecular complexity index is 448. The van der Waals surface area contributed by atoms with Crippen molar-refractivity contribution in [1.29, 1.82) is 0 Å². The molecule has 5 heteroatoms. The van der Waals surface area contributed by atoms with Crippen molar-refractivity contribution in [2.24, 2.45) is 7.05 Å². The summed E-state index contributed by atoms with van der Waals surface area (Å²) in [6.45, 7) is 1.83. The molecule has 1 N–H and O–H groups in total. The van der Waals surface area contributed by atoms with Crippen LogP contribution >= 0.6 is 0 Å². The van der Waals surface area contributed by atoms with Crippen molar-refractivity contribution in [2.45, 2.75) is 31.8 Å². The van der Waals surface area contributed by atoms with Crippen molar-refractivity contribution in [3.63, 3.8) is 0 Å². The second-order valence-corrected chi connectivity index (χ2v) is 4.65. The number of carboxylic acid groups (broad SMARTS) is 1. The fraction of sp³-hybridized carbons (Fsp3) is 0.636. The maximum absolute atomic E-state index is 11.0. The molecule has 0 unspecified atom stereocenters. The van der Waals surface area contributed by atoms with Crippen LogP contribution in [0, 0.1) is 0 Å². The van der Waals surface area contributed by atoms with E-state index in [-0.39, 0.29) is 5.69 Å². The molecule has 0 radical (unpaired) electrons. The van der Waals surface area contributed by atoms with Gasteiger partial charge in [-0.05, 0) is 19.3 Å². The predicted octanol–water partition coefficient (Wildman–Crippen LogP) is 0.639. The zero-order chi connectivity index (χ0) is 11.3. The average Bonchev–Trinajstić information content (AvgIpc) is 3.04. The summed E-state index contributed by atoms with van der Waals surface area (Å²) in [4.78, 5) is 13.5. The maximum Gasteiger partial charge on any atom is 0.356 e. The number of aromatic nitrogens is 2. The van der Waals surface area contributed by atoms with E-state index in [1.807, 2.05) is 7.05 Å². The molecule has 0 bridgehead atoms. The lowest BCUT2D eigenvalue weighted by Crippen LogP contribution is -2.33. The van der Waals surface area contributed by atoms with Crippen LogP contribution in [-0.4, -0.2) is 38.3 Å². The molecule has 1 aliphatic heterocycles. The number of aromatic carboxylic acids is 1. The maximum atomic E-state index is 11.0. The van der Waals surface area contributed by atoms with Gasteiger partial charge in [-0.1, -0.05) is 0 Å². The number of carbonyl (C=O) groups is 1. The van der Waals surface area contributed by atoms with Gasteiger partial charge in [-0.15, -0.1) is 0 Å². The highest BCUT2D eigenvalue weighted by Crippen LogP contribution is 2.32. The van der Waals surface area contributed by atoms with E-state index >= 15 is 0 Å². The van der Waals surface area contributed by atoms with Crippen molar-refractivity contribution >= 4 is 5.97 Å². The molecule has 2 heterocycles. The molecule has 5 nitrogen and oxygen atoms in total. The molecule has 0 spiro atoms. The van der Waals surface area contributed by atoms with Crippen LogP contribution in [-0.2, 0) is 20.0 Å². The third-order valence-corrected chi connectivity index (χ3v) is 3.54. The van der Waals surface area contributed by atoms with E-state index in [4.69, 9.17) is 5.11 Å². The molecule has 1 aromatic rings. The van der Waals surface area contributed by atoms with E-state index in [9.17, 15) is 4.79 Å². The SMILES string of the molecule is Cn1nc(C(=O)O)c2c1CN(C1CC1)CC2. The van der Waals surface area contributed by atoms with Crippen molar-refractivity contribution < 1.29 is 9.90 Å². The van der Waals surface area contributed by atoms with E-state index < -0.39 is 5.97 Å². The van der Waals surface area contributed by atoms with Crippen molar-refractivity contribution in [3.05, 3.63) is 17.0 Å². The summed E-state index contributed by atoms with van der Waals surface area (Å²) in [6.07, 6.45) is 3.40. The molecule has 0 amide bonds. The highest BCUT2D eigenvalue weighted by Gasteiger charge is 2.34. The van der Waals surface area contributed by atoms with E-state index in [1.165, 1.54) is 12.8 Å². The number of nitrogens with zero attached hydrogens (tertiary/aromatic N) is 3. The summed E-state index contributed by atoms with van der Waals surface area (Å²) in [7, 11) is 1.83. The van der Waals surface area contributed by atoms with Crippen LogP contribution < -0.4 is 0 Å². The van der Waals surface area contributed by atoms with Gasteiger partial charge in [0, 0.05) is 31.7 Å². The fourth-order valence-corrected chi connectivity index (χ4v) is 2.51. The monoisotopic (exact) mass is 221 g/mol. The number of fused-ring (bicyclic) bond motifs is 1. The molecule has 1 aromatic heterocycles. The molecule has 16 heavy (non-hydrogen) atoms. The van der Waals surface area contributed by atoms with Crippen molar-refractivity contribution in [3.8, 4) is 0 Å². The Labute approximate surface area is 93.7 Å². The zero-order valence-electron chi connectivity index (χ0n) is 9.31. The minimum Gasteiger partial charge on any atom is -0.476 e. The second-order valence-electron chi connectivity index (χ2n) is 4.65. The summed E-state index contributed by atoms with van der Waals surface area (Å²) >= 11 is 0. The van der Waals surface area contributed by atoms with Crippen LogP contribution in [0.2, 0.25) is 0 Å². The lowest BCUT2D eigenvalue weighted by atomic mass is 10.0. The van der Waals surface area contributed by atoms with Crippen LogP contribution in [0.15, 0.2) is 0 Å². The molecular formula is C11H15N3O2. The molecule has 1 fully saturated rings. The minimum atomic E-state index is -0.906. The smallest absolute Gasteiger partial charge is 0.356 e. The summed E-state index contributed by atoms with van der Waals surface area (Å²) < 4.78 is 1.73. The molecule has 3 rings (SSSR count). The Morgan fingerprint density at radius 3 is 2.88 bits per heavy atom. The first-order valence-electron chi connectivity index (χ1n) is 5.69. The van der Waals surface area contributed by atoms with Crippen LogP contribution in [0.1, 0.15) is 34.6 Å². The summed E-state index contributed by atoms with van der Waals surface area (Å²) in [5.74, 6) is -0.906. The molecule has 86 valence electrons. The van der Waals surface area contributed by atoms with Gasteiger partial charge in [0.05, 0.1) is 5.69 Å². The number of hydrogen-bond donors (Lipinski definition) is 1. The summed E-state index contributed by atoms with van der Waals surface area (Å²) in [6, 6.07) is 0.733. The van der Waals surface area contributed by atoms with Gasteiger partial charge in [0.1, 0.15) is 0 Å². The van der Waals surface area contributed by atoms with Crippen LogP contribution in [0.5, 0.6) is 0 Å². The highest BCUT2D eigenvalue weighted by molar-refractivity contribution is 5.87.